The molecule has 0 aromatic carbocycles. The van der Waals surface area contributed by atoms with Crippen molar-refractivity contribution in [1.29, 1.82) is 0 Å². The van der Waals surface area contributed by atoms with E-state index in [2.05, 4.69) is 20.4 Å². The van der Waals surface area contributed by atoms with Crippen molar-refractivity contribution in [3.05, 3.63) is 30.0 Å². The Morgan fingerprint density at radius 3 is 3.08 bits per heavy atom. The van der Waals surface area contributed by atoms with Gasteiger partial charge in [-0.1, -0.05) is 5.16 Å². The molecule has 1 saturated heterocycles. The molecule has 0 radical (unpaired) electrons. The van der Waals surface area contributed by atoms with E-state index in [4.69, 9.17) is 9.26 Å². The first-order chi connectivity index (χ1) is 12.0. The number of likely N-dealkylation sites (tertiary alicyclic amines) is 1. The largest absolute Gasteiger partial charge is 0.485 e. The zero-order valence-electron chi connectivity index (χ0n) is 14.6. The zero-order valence-corrected chi connectivity index (χ0v) is 14.6. The third kappa shape index (κ3) is 4.17. The number of ether oxygens (including phenoxy) is 1. The Kier molecular flexibility index (Phi) is 5.01. The minimum atomic E-state index is -0.166. The van der Waals surface area contributed by atoms with Gasteiger partial charge in [0.2, 0.25) is 5.89 Å². The van der Waals surface area contributed by atoms with Gasteiger partial charge in [0.05, 0.1) is 13.1 Å². The predicted molar refractivity (Wildman–Crippen MR) is 90.4 cm³/mol. The van der Waals surface area contributed by atoms with Gasteiger partial charge in [-0.2, -0.15) is 4.98 Å². The Balaban J connectivity index is 1.52. The van der Waals surface area contributed by atoms with E-state index >= 15 is 0 Å². The summed E-state index contributed by atoms with van der Waals surface area (Å²) < 4.78 is 11.0. The summed E-state index contributed by atoms with van der Waals surface area (Å²) >= 11 is 0. The third-order valence-electron chi connectivity index (χ3n) is 3.86. The van der Waals surface area contributed by atoms with Crippen LogP contribution in [-0.4, -0.2) is 59.3 Å². The molecule has 1 atom stereocenters. The fraction of sp³-hybridized carbons (Fsp3) is 0.500. The zero-order chi connectivity index (χ0) is 17.8. The maximum Gasteiger partial charge on any atom is 0.317 e. The second kappa shape index (κ2) is 7.37. The van der Waals surface area contributed by atoms with Crippen molar-refractivity contribution in [3.8, 4) is 5.75 Å². The van der Waals surface area contributed by atoms with Gasteiger partial charge in [-0.25, -0.2) is 9.78 Å². The average Bonchev–Trinajstić information content (AvgIpc) is 3.22. The average molecular weight is 346 g/mol. The van der Waals surface area contributed by atoms with Crippen molar-refractivity contribution < 1.29 is 14.1 Å². The number of rotatable bonds is 5. The van der Waals surface area contributed by atoms with Crippen LogP contribution in [0.2, 0.25) is 0 Å². The van der Waals surface area contributed by atoms with Crippen LogP contribution in [0.3, 0.4) is 0 Å². The number of anilines is 1. The summed E-state index contributed by atoms with van der Waals surface area (Å²) in [6.45, 7) is 3.11. The molecule has 1 fully saturated rings. The fourth-order valence-electron chi connectivity index (χ4n) is 2.67. The van der Waals surface area contributed by atoms with Crippen LogP contribution in [0.1, 0.15) is 18.1 Å². The van der Waals surface area contributed by atoms with Crippen LogP contribution in [0.25, 0.3) is 0 Å². The highest BCUT2D eigenvalue weighted by atomic mass is 16.5. The van der Waals surface area contributed by atoms with Crippen LogP contribution < -0.4 is 15.0 Å². The highest BCUT2D eigenvalue weighted by Gasteiger charge is 2.28. The number of nitrogens with zero attached hydrogens (tertiary/aromatic N) is 5. The lowest BCUT2D eigenvalue weighted by molar-refractivity contribution is 0.185. The van der Waals surface area contributed by atoms with Crippen molar-refractivity contribution in [2.75, 3.05) is 32.1 Å². The van der Waals surface area contributed by atoms with Gasteiger partial charge in [0, 0.05) is 33.3 Å². The summed E-state index contributed by atoms with van der Waals surface area (Å²) in [5, 5.41) is 6.48. The molecular formula is C16H22N6O3. The monoisotopic (exact) mass is 346 g/mol. The standard InChI is InChI=1S/C16H22N6O3/c1-11-19-14(25-20-11)9-18-16(23)22-8-6-12(10-22)24-13-5-4-7-17-15(13)21(2)3/h4-5,7,12H,6,8-10H2,1-3H3,(H,18,23). The van der Waals surface area contributed by atoms with E-state index in [1.54, 1.807) is 18.0 Å². The van der Waals surface area contributed by atoms with E-state index < -0.39 is 0 Å². The quantitative estimate of drug-likeness (QED) is 0.869. The number of amides is 2. The number of carbonyl (C=O) groups excluding carboxylic acids is 1. The first kappa shape index (κ1) is 17.0. The van der Waals surface area contributed by atoms with E-state index in [1.807, 2.05) is 31.1 Å². The van der Waals surface area contributed by atoms with Crippen molar-refractivity contribution in [1.82, 2.24) is 25.3 Å². The first-order valence-corrected chi connectivity index (χ1v) is 8.14. The lowest BCUT2D eigenvalue weighted by Gasteiger charge is -2.20. The van der Waals surface area contributed by atoms with Gasteiger partial charge in [-0.15, -0.1) is 0 Å². The van der Waals surface area contributed by atoms with Gasteiger partial charge < -0.3 is 24.4 Å². The maximum atomic E-state index is 12.2. The smallest absolute Gasteiger partial charge is 0.317 e. The molecule has 25 heavy (non-hydrogen) atoms. The summed E-state index contributed by atoms with van der Waals surface area (Å²) in [5.74, 6) is 2.44. The van der Waals surface area contributed by atoms with Crippen LogP contribution in [0.4, 0.5) is 10.6 Å². The summed E-state index contributed by atoms with van der Waals surface area (Å²) in [7, 11) is 3.84. The minimum Gasteiger partial charge on any atom is -0.485 e. The Morgan fingerprint density at radius 1 is 1.52 bits per heavy atom. The number of hydrogen-bond donors (Lipinski definition) is 1. The van der Waals surface area contributed by atoms with Crippen molar-refractivity contribution in [3.63, 3.8) is 0 Å². The second-order valence-corrected chi connectivity index (χ2v) is 6.09. The molecule has 0 bridgehead atoms. The summed E-state index contributed by atoms with van der Waals surface area (Å²) in [6, 6.07) is 3.57. The molecule has 0 aliphatic carbocycles. The van der Waals surface area contributed by atoms with Gasteiger partial charge in [0.15, 0.2) is 17.4 Å². The number of aromatic nitrogens is 3. The number of aryl methyl sites for hydroxylation is 1. The van der Waals surface area contributed by atoms with E-state index in [0.717, 1.165) is 18.0 Å². The van der Waals surface area contributed by atoms with Crippen molar-refractivity contribution in [2.45, 2.75) is 26.0 Å². The molecule has 2 amide bonds. The molecule has 9 nitrogen and oxygen atoms in total. The van der Waals surface area contributed by atoms with Crippen LogP contribution in [0.5, 0.6) is 5.75 Å². The number of carbonyl (C=O) groups is 1. The number of urea groups is 1. The topological polar surface area (TPSA) is 96.6 Å². The van der Waals surface area contributed by atoms with E-state index in [9.17, 15) is 4.79 Å². The molecule has 1 aliphatic rings. The number of nitrogens with one attached hydrogen (secondary N) is 1. The molecular weight excluding hydrogens is 324 g/mol. The lowest BCUT2D eigenvalue weighted by atomic mass is 10.3. The first-order valence-electron chi connectivity index (χ1n) is 8.14. The molecule has 3 rings (SSSR count). The third-order valence-corrected chi connectivity index (χ3v) is 3.86. The maximum absolute atomic E-state index is 12.2. The Hall–Kier alpha value is -2.84. The highest BCUT2D eigenvalue weighted by molar-refractivity contribution is 5.74. The Morgan fingerprint density at radius 2 is 2.36 bits per heavy atom. The van der Waals surface area contributed by atoms with Gasteiger partial charge in [0.1, 0.15) is 6.10 Å². The van der Waals surface area contributed by atoms with Crippen LogP contribution in [-0.2, 0) is 6.54 Å². The van der Waals surface area contributed by atoms with Gasteiger partial charge >= 0.3 is 6.03 Å². The van der Waals surface area contributed by atoms with Gasteiger partial charge in [-0.05, 0) is 19.1 Å². The number of hydrogen-bond acceptors (Lipinski definition) is 7. The molecule has 0 saturated carbocycles. The number of pyridine rings is 1. The van der Waals surface area contributed by atoms with E-state index in [1.165, 1.54) is 0 Å². The molecule has 9 heteroatoms. The van der Waals surface area contributed by atoms with Crippen LogP contribution in [0, 0.1) is 6.92 Å². The van der Waals surface area contributed by atoms with Crippen LogP contribution in [0.15, 0.2) is 22.9 Å². The van der Waals surface area contributed by atoms with Crippen LogP contribution >= 0.6 is 0 Å². The predicted octanol–water partition coefficient (Wildman–Crippen LogP) is 1.20. The van der Waals surface area contributed by atoms with E-state index in [-0.39, 0.29) is 18.7 Å². The molecule has 1 unspecified atom stereocenters. The molecule has 2 aromatic rings. The van der Waals surface area contributed by atoms with Crippen molar-refractivity contribution in [2.24, 2.45) is 0 Å². The molecule has 1 aliphatic heterocycles. The Bertz CT molecular complexity index is 732. The lowest BCUT2D eigenvalue weighted by Crippen LogP contribution is -2.39. The van der Waals surface area contributed by atoms with Crippen molar-refractivity contribution >= 4 is 11.8 Å². The second-order valence-electron chi connectivity index (χ2n) is 6.09. The molecule has 3 heterocycles. The summed E-state index contributed by atoms with van der Waals surface area (Å²) in [5.41, 5.74) is 0. The highest BCUT2D eigenvalue weighted by Crippen LogP contribution is 2.26. The molecule has 134 valence electrons. The van der Waals surface area contributed by atoms with Gasteiger partial charge in [0.25, 0.3) is 0 Å². The summed E-state index contributed by atoms with van der Waals surface area (Å²) in [4.78, 5) is 24.3. The molecule has 0 spiro atoms. The SMILES string of the molecule is Cc1noc(CNC(=O)N2CCC(Oc3cccnc3N(C)C)C2)n1. The molecule has 2 aromatic heterocycles. The Labute approximate surface area is 146 Å². The fourth-order valence-corrected chi connectivity index (χ4v) is 2.67. The normalized spacial score (nSPS) is 16.8. The van der Waals surface area contributed by atoms with Gasteiger partial charge in [-0.3, -0.25) is 0 Å². The molecule has 1 N–H and O–H groups in total. The summed E-state index contributed by atoms with van der Waals surface area (Å²) in [6.07, 6.45) is 2.45. The minimum absolute atomic E-state index is 0.0562. The van der Waals surface area contributed by atoms with E-state index in [0.29, 0.717) is 24.8 Å².